The molecule has 1 saturated carbocycles. The molecule has 2 fully saturated rings. The van der Waals surface area contributed by atoms with E-state index in [1.54, 1.807) is 28.6 Å². The van der Waals surface area contributed by atoms with E-state index in [-0.39, 0.29) is 0 Å². The largest absolute Gasteiger partial charge is 0.243 e. The lowest BCUT2D eigenvalue weighted by Gasteiger charge is -2.17. The number of halogens is 1. The zero-order chi connectivity index (χ0) is 13.5. The highest BCUT2D eigenvalue weighted by Gasteiger charge is 2.41. The Morgan fingerprint density at radius 1 is 1.11 bits per heavy atom. The number of sulfonamides is 1. The van der Waals surface area contributed by atoms with E-state index in [9.17, 15) is 8.42 Å². The third-order valence-electron chi connectivity index (χ3n) is 4.41. The summed E-state index contributed by atoms with van der Waals surface area (Å²) in [7, 11) is -3.32. The zero-order valence-electron chi connectivity index (χ0n) is 10.8. The smallest absolute Gasteiger partial charge is 0.207 e. The maximum atomic E-state index is 12.6. The molecule has 0 radical (unpaired) electrons. The molecule has 5 heteroatoms. The molecule has 2 atom stereocenters. The molecule has 2 unspecified atom stereocenters. The molecule has 0 amide bonds. The average molecular weight is 300 g/mol. The second-order valence-corrected chi connectivity index (χ2v) is 7.76. The van der Waals surface area contributed by atoms with Crippen LogP contribution in [-0.4, -0.2) is 25.8 Å². The van der Waals surface area contributed by atoms with Gasteiger partial charge in [-0.1, -0.05) is 18.6 Å². The summed E-state index contributed by atoms with van der Waals surface area (Å²) in [6.07, 6.45) is 3.62. The van der Waals surface area contributed by atoms with Crippen molar-refractivity contribution in [2.75, 3.05) is 13.1 Å². The normalized spacial score (nSPS) is 27.6. The van der Waals surface area contributed by atoms with Gasteiger partial charge in [-0.3, -0.25) is 0 Å². The first-order chi connectivity index (χ1) is 9.11. The fourth-order valence-corrected chi connectivity index (χ4v) is 5.02. The molecule has 1 aromatic carbocycles. The van der Waals surface area contributed by atoms with Crippen LogP contribution in [0.5, 0.6) is 0 Å². The summed E-state index contributed by atoms with van der Waals surface area (Å²) >= 11 is 5.73. The summed E-state index contributed by atoms with van der Waals surface area (Å²) in [6, 6.07) is 6.91. The lowest BCUT2D eigenvalue weighted by Crippen LogP contribution is -2.29. The molecule has 0 bridgehead atoms. The lowest BCUT2D eigenvalue weighted by molar-refractivity contribution is 0.445. The molecule has 104 valence electrons. The van der Waals surface area contributed by atoms with Crippen LogP contribution in [0.25, 0.3) is 0 Å². The molecular formula is C14H18ClNO2S. The van der Waals surface area contributed by atoms with Crippen molar-refractivity contribution in [2.45, 2.75) is 30.0 Å². The van der Waals surface area contributed by atoms with Gasteiger partial charge >= 0.3 is 0 Å². The van der Waals surface area contributed by atoms with Crippen molar-refractivity contribution < 1.29 is 8.42 Å². The third kappa shape index (κ3) is 2.41. The first kappa shape index (κ1) is 13.4. The molecule has 3 rings (SSSR count). The van der Waals surface area contributed by atoms with Crippen molar-refractivity contribution in [3.8, 4) is 0 Å². The standard InChI is InChI=1S/C14H18ClNO2S/c15-8-11-4-6-14(7-5-11)19(17,18)16-9-12-2-1-3-13(12)10-16/h4-7,12-13H,1-3,8-10H2. The molecule has 1 heterocycles. The van der Waals surface area contributed by atoms with E-state index in [1.807, 2.05) is 0 Å². The highest BCUT2D eigenvalue weighted by molar-refractivity contribution is 7.89. The van der Waals surface area contributed by atoms with E-state index >= 15 is 0 Å². The van der Waals surface area contributed by atoms with Gasteiger partial charge in [-0.2, -0.15) is 4.31 Å². The van der Waals surface area contributed by atoms with Gasteiger partial charge in [0.05, 0.1) is 4.90 Å². The van der Waals surface area contributed by atoms with Gasteiger partial charge in [-0.15, -0.1) is 11.6 Å². The molecule has 1 aromatic rings. The summed E-state index contributed by atoms with van der Waals surface area (Å²) in [6.45, 7) is 1.40. The van der Waals surface area contributed by atoms with Gasteiger partial charge in [0.1, 0.15) is 0 Å². The highest BCUT2D eigenvalue weighted by Crippen LogP contribution is 2.39. The van der Waals surface area contributed by atoms with Crippen molar-refractivity contribution in [2.24, 2.45) is 11.8 Å². The van der Waals surface area contributed by atoms with E-state index in [0.717, 1.165) is 5.56 Å². The van der Waals surface area contributed by atoms with Crippen molar-refractivity contribution in [1.82, 2.24) is 4.31 Å². The fraction of sp³-hybridized carbons (Fsp3) is 0.571. The fourth-order valence-electron chi connectivity index (χ4n) is 3.29. The van der Waals surface area contributed by atoms with Crippen LogP contribution in [0.1, 0.15) is 24.8 Å². The van der Waals surface area contributed by atoms with Crippen LogP contribution in [0.15, 0.2) is 29.2 Å². The predicted molar refractivity (Wildman–Crippen MR) is 75.6 cm³/mol. The summed E-state index contributed by atoms with van der Waals surface area (Å²) in [5.41, 5.74) is 0.943. The highest BCUT2D eigenvalue weighted by atomic mass is 35.5. The molecule has 3 nitrogen and oxygen atoms in total. The van der Waals surface area contributed by atoms with Gasteiger partial charge < -0.3 is 0 Å². The topological polar surface area (TPSA) is 37.4 Å². The van der Waals surface area contributed by atoms with Crippen molar-refractivity contribution >= 4 is 21.6 Å². The SMILES string of the molecule is O=S(=O)(c1ccc(CCl)cc1)N1CC2CCCC2C1. The number of rotatable bonds is 3. The molecule has 0 aromatic heterocycles. The van der Waals surface area contributed by atoms with Crippen LogP contribution in [0.4, 0.5) is 0 Å². The molecule has 0 spiro atoms. The van der Waals surface area contributed by atoms with Crippen molar-refractivity contribution in [3.05, 3.63) is 29.8 Å². The van der Waals surface area contributed by atoms with Crippen LogP contribution in [0.2, 0.25) is 0 Å². The van der Waals surface area contributed by atoms with E-state index in [4.69, 9.17) is 11.6 Å². The minimum absolute atomic E-state index is 0.390. The molecule has 1 aliphatic heterocycles. The van der Waals surface area contributed by atoms with Crippen molar-refractivity contribution in [1.29, 1.82) is 0 Å². The van der Waals surface area contributed by atoms with Crippen LogP contribution >= 0.6 is 11.6 Å². The molecule has 0 N–H and O–H groups in total. The van der Waals surface area contributed by atoms with Crippen molar-refractivity contribution in [3.63, 3.8) is 0 Å². The average Bonchev–Trinajstić information content (AvgIpc) is 2.99. The Hall–Kier alpha value is -0.580. The second kappa shape index (κ2) is 5.08. The van der Waals surface area contributed by atoms with E-state index in [0.29, 0.717) is 35.7 Å². The second-order valence-electron chi connectivity index (χ2n) is 5.55. The van der Waals surface area contributed by atoms with Gasteiger partial charge in [-0.25, -0.2) is 8.42 Å². The minimum atomic E-state index is -3.32. The number of fused-ring (bicyclic) bond motifs is 1. The van der Waals surface area contributed by atoms with Gasteiger partial charge in [0.25, 0.3) is 0 Å². The molecule has 2 aliphatic rings. The minimum Gasteiger partial charge on any atom is -0.207 e. The lowest BCUT2D eigenvalue weighted by atomic mass is 10.0. The number of benzene rings is 1. The Morgan fingerprint density at radius 2 is 1.68 bits per heavy atom. The van der Waals surface area contributed by atoms with Crippen LogP contribution in [-0.2, 0) is 15.9 Å². The van der Waals surface area contributed by atoms with Crippen LogP contribution in [0, 0.1) is 11.8 Å². The Bertz CT molecular complexity index is 543. The van der Waals surface area contributed by atoms with Gasteiger partial charge in [0.2, 0.25) is 10.0 Å². The molecule has 1 saturated heterocycles. The molecule has 1 aliphatic carbocycles. The summed E-state index contributed by atoms with van der Waals surface area (Å²) in [4.78, 5) is 0.390. The zero-order valence-corrected chi connectivity index (χ0v) is 12.3. The first-order valence-electron chi connectivity index (χ1n) is 6.76. The maximum absolute atomic E-state index is 12.6. The Kier molecular flexibility index (Phi) is 3.58. The monoisotopic (exact) mass is 299 g/mol. The Balaban J connectivity index is 1.82. The number of nitrogens with zero attached hydrogens (tertiary/aromatic N) is 1. The van der Waals surface area contributed by atoms with E-state index in [2.05, 4.69) is 0 Å². The van der Waals surface area contributed by atoms with E-state index < -0.39 is 10.0 Å². The van der Waals surface area contributed by atoms with Gasteiger partial charge in [0.15, 0.2) is 0 Å². The third-order valence-corrected chi connectivity index (χ3v) is 6.56. The number of alkyl halides is 1. The summed E-state index contributed by atoms with van der Waals surface area (Å²) in [5.74, 6) is 1.57. The summed E-state index contributed by atoms with van der Waals surface area (Å²) in [5, 5.41) is 0. The van der Waals surface area contributed by atoms with Gasteiger partial charge in [0, 0.05) is 19.0 Å². The molecule has 19 heavy (non-hydrogen) atoms. The number of hydrogen-bond acceptors (Lipinski definition) is 2. The Labute approximate surface area is 119 Å². The first-order valence-corrected chi connectivity index (χ1v) is 8.74. The Morgan fingerprint density at radius 3 is 2.21 bits per heavy atom. The van der Waals surface area contributed by atoms with Gasteiger partial charge in [-0.05, 0) is 42.4 Å². The summed E-state index contributed by atoms with van der Waals surface area (Å²) < 4.78 is 26.8. The maximum Gasteiger partial charge on any atom is 0.243 e. The van der Waals surface area contributed by atoms with Crippen LogP contribution < -0.4 is 0 Å². The quantitative estimate of drug-likeness (QED) is 0.805. The number of hydrogen-bond donors (Lipinski definition) is 0. The molecular weight excluding hydrogens is 282 g/mol. The van der Waals surface area contributed by atoms with Crippen LogP contribution in [0.3, 0.4) is 0 Å². The predicted octanol–water partition coefficient (Wildman–Crippen LogP) is 2.85. The van der Waals surface area contributed by atoms with E-state index in [1.165, 1.54) is 19.3 Å².